The van der Waals surface area contributed by atoms with Gasteiger partial charge in [0.1, 0.15) is 23.8 Å². The number of amides is 1. The van der Waals surface area contributed by atoms with E-state index >= 15 is 0 Å². The second-order valence-corrected chi connectivity index (χ2v) is 8.64. The SMILES string of the molecule is COc1cc(/C=C2\N=C3N(CC(=O)O)CCC(c4ccc(F)cc4)N3C2=O)ccc1-n1cnc(C)c1. The Hall–Kier alpha value is -4.47. The fourth-order valence-electron chi connectivity index (χ4n) is 4.55. The maximum atomic E-state index is 13.5. The molecule has 2 aliphatic heterocycles. The van der Waals surface area contributed by atoms with Gasteiger partial charge >= 0.3 is 5.97 Å². The van der Waals surface area contributed by atoms with Gasteiger partial charge in [-0.3, -0.25) is 14.5 Å². The number of carboxylic acids is 1. The highest BCUT2D eigenvalue weighted by atomic mass is 19.1. The lowest BCUT2D eigenvalue weighted by Crippen LogP contribution is -2.52. The van der Waals surface area contributed by atoms with Crippen LogP contribution in [0, 0.1) is 12.7 Å². The fourth-order valence-corrected chi connectivity index (χ4v) is 4.55. The van der Waals surface area contributed by atoms with Gasteiger partial charge in [0.15, 0.2) is 0 Å². The van der Waals surface area contributed by atoms with Gasteiger partial charge in [-0.1, -0.05) is 18.2 Å². The minimum Gasteiger partial charge on any atom is -0.495 e. The maximum Gasteiger partial charge on any atom is 0.323 e. The highest BCUT2D eigenvalue weighted by molar-refractivity contribution is 6.14. The summed E-state index contributed by atoms with van der Waals surface area (Å²) in [7, 11) is 1.57. The van der Waals surface area contributed by atoms with Crippen LogP contribution in [0.25, 0.3) is 11.8 Å². The summed E-state index contributed by atoms with van der Waals surface area (Å²) in [6.45, 7) is 2.02. The molecule has 5 rings (SSSR count). The quantitative estimate of drug-likeness (QED) is 0.533. The zero-order chi connectivity index (χ0) is 25.4. The lowest BCUT2D eigenvalue weighted by Gasteiger charge is -2.39. The summed E-state index contributed by atoms with van der Waals surface area (Å²) in [5.41, 5.74) is 3.31. The van der Waals surface area contributed by atoms with E-state index < -0.39 is 5.97 Å². The van der Waals surface area contributed by atoms with Gasteiger partial charge in [0.05, 0.1) is 30.9 Å². The largest absolute Gasteiger partial charge is 0.495 e. The molecule has 2 aromatic carbocycles. The Labute approximate surface area is 206 Å². The van der Waals surface area contributed by atoms with Crippen molar-refractivity contribution in [2.24, 2.45) is 4.99 Å². The number of halogens is 1. The molecule has 0 bridgehead atoms. The van der Waals surface area contributed by atoms with Gasteiger partial charge in [-0.15, -0.1) is 0 Å². The van der Waals surface area contributed by atoms with Gasteiger partial charge in [0.25, 0.3) is 5.91 Å². The predicted molar refractivity (Wildman–Crippen MR) is 130 cm³/mol. The normalized spacial score (nSPS) is 18.4. The molecule has 3 aromatic rings. The average Bonchev–Trinajstić information content (AvgIpc) is 3.43. The Morgan fingerprint density at radius 1 is 1.25 bits per heavy atom. The summed E-state index contributed by atoms with van der Waals surface area (Å²) in [5.74, 6) is -0.853. The molecule has 0 saturated carbocycles. The Morgan fingerprint density at radius 2 is 2.03 bits per heavy atom. The molecular weight excluding hydrogens is 465 g/mol. The first-order chi connectivity index (χ1) is 17.3. The van der Waals surface area contributed by atoms with Crippen LogP contribution in [0.3, 0.4) is 0 Å². The van der Waals surface area contributed by atoms with Crippen molar-refractivity contribution in [3.05, 3.63) is 83.3 Å². The van der Waals surface area contributed by atoms with Crippen LogP contribution in [-0.2, 0) is 9.59 Å². The van der Waals surface area contributed by atoms with Gasteiger partial charge in [-0.2, -0.15) is 0 Å². The number of aromatic nitrogens is 2. The number of ether oxygens (including phenoxy) is 1. The zero-order valence-electron chi connectivity index (χ0n) is 19.8. The summed E-state index contributed by atoms with van der Waals surface area (Å²) >= 11 is 0. The number of guanidine groups is 1. The van der Waals surface area contributed by atoms with Crippen LogP contribution >= 0.6 is 0 Å². The monoisotopic (exact) mass is 489 g/mol. The Kier molecular flexibility index (Phi) is 6.01. The average molecular weight is 490 g/mol. The Balaban J connectivity index is 1.51. The van der Waals surface area contributed by atoms with E-state index in [4.69, 9.17) is 4.74 Å². The van der Waals surface area contributed by atoms with Crippen LogP contribution in [0.15, 0.2) is 65.7 Å². The smallest absolute Gasteiger partial charge is 0.323 e. The van der Waals surface area contributed by atoms with E-state index in [9.17, 15) is 19.1 Å². The summed E-state index contributed by atoms with van der Waals surface area (Å²) in [5, 5.41) is 9.37. The number of rotatable bonds is 6. The predicted octanol–water partition coefficient (Wildman–Crippen LogP) is 3.40. The standard InChI is InChI=1S/C26H24FN5O4/c1-16-13-31(15-28-16)22-8-3-17(12-23(22)36-2)11-20-25(35)32-21(18-4-6-19(27)7-5-18)9-10-30(14-24(33)34)26(32)29-20/h3-8,11-13,15,21H,9-10,14H2,1-2H3,(H,33,34)/b20-11-. The molecule has 1 unspecified atom stereocenters. The number of carbonyl (C=O) groups excluding carboxylic acids is 1. The van der Waals surface area contributed by atoms with E-state index in [0.717, 1.165) is 16.9 Å². The lowest BCUT2D eigenvalue weighted by atomic mass is 9.99. The third kappa shape index (κ3) is 4.33. The number of hydrogen-bond donors (Lipinski definition) is 1. The van der Waals surface area contributed by atoms with Crippen molar-refractivity contribution in [2.75, 3.05) is 20.2 Å². The number of hydrogen-bond acceptors (Lipinski definition) is 6. The Bertz CT molecular complexity index is 1400. The molecule has 36 heavy (non-hydrogen) atoms. The van der Waals surface area contributed by atoms with Crippen molar-refractivity contribution in [3.8, 4) is 11.4 Å². The number of carboxylic acid groups (broad SMARTS) is 1. The van der Waals surface area contributed by atoms with Crippen LogP contribution < -0.4 is 4.74 Å². The third-order valence-electron chi connectivity index (χ3n) is 6.22. The van der Waals surface area contributed by atoms with Gasteiger partial charge in [0, 0.05) is 12.7 Å². The van der Waals surface area contributed by atoms with Crippen LogP contribution in [-0.4, -0.2) is 62.5 Å². The molecule has 1 atom stereocenters. The molecule has 0 radical (unpaired) electrons. The summed E-state index contributed by atoms with van der Waals surface area (Å²) in [4.78, 5) is 36.8. The van der Waals surface area contributed by atoms with E-state index in [1.807, 2.05) is 29.8 Å². The highest BCUT2D eigenvalue weighted by Gasteiger charge is 2.42. The molecule has 0 spiro atoms. The molecule has 0 aliphatic carbocycles. The molecule has 184 valence electrons. The fraction of sp³-hybridized carbons (Fsp3) is 0.231. The van der Waals surface area contributed by atoms with Crippen molar-refractivity contribution in [1.82, 2.24) is 19.4 Å². The van der Waals surface area contributed by atoms with Gasteiger partial charge in [0.2, 0.25) is 5.96 Å². The molecule has 1 fully saturated rings. The lowest BCUT2D eigenvalue weighted by molar-refractivity contribution is -0.138. The zero-order valence-corrected chi connectivity index (χ0v) is 19.8. The van der Waals surface area contributed by atoms with Crippen molar-refractivity contribution in [1.29, 1.82) is 0 Å². The van der Waals surface area contributed by atoms with Crippen LogP contribution in [0.5, 0.6) is 5.75 Å². The van der Waals surface area contributed by atoms with Gasteiger partial charge in [-0.25, -0.2) is 14.4 Å². The molecule has 9 nitrogen and oxygen atoms in total. The third-order valence-corrected chi connectivity index (χ3v) is 6.22. The Morgan fingerprint density at radius 3 is 2.69 bits per heavy atom. The van der Waals surface area contributed by atoms with Crippen molar-refractivity contribution in [2.45, 2.75) is 19.4 Å². The van der Waals surface area contributed by atoms with E-state index in [1.165, 1.54) is 17.0 Å². The molecule has 2 aliphatic rings. The second kappa shape index (κ2) is 9.29. The van der Waals surface area contributed by atoms with Gasteiger partial charge in [-0.05, 0) is 54.8 Å². The second-order valence-electron chi connectivity index (χ2n) is 8.64. The summed E-state index contributed by atoms with van der Waals surface area (Å²) in [6.07, 6.45) is 5.72. The number of aryl methyl sites for hydroxylation is 1. The molecule has 10 heteroatoms. The van der Waals surface area contributed by atoms with Crippen LogP contribution in [0.4, 0.5) is 4.39 Å². The number of nitrogens with zero attached hydrogens (tertiary/aromatic N) is 5. The number of aliphatic carboxylic acids is 1. The number of fused-ring (bicyclic) bond motifs is 1. The number of carbonyl (C=O) groups is 2. The minimum absolute atomic E-state index is 0.183. The molecule has 1 aromatic heterocycles. The minimum atomic E-state index is -1.02. The van der Waals surface area contributed by atoms with Crippen molar-refractivity contribution in [3.63, 3.8) is 0 Å². The van der Waals surface area contributed by atoms with Crippen LogP contribution in [0.1, 0.15) is 29.3 Å². The van der Waals surface area contributed by atoms with Gasteiger partial charge < -0.3 is 19.3 Å². The van der Waals surface area contributed by atoms with Crippen molar-refractivity contribution >= 4 is 23.9 Å². The van der Waals surface area contributed by atoms with Crippen LogP contribution in [0.2, 0.25) is 0 Å². The van der Waals surface area contributed by atoms with E-state index in [0.29, 0.717) is 24.3 Å². The first-order valence-corrected chi connectivity index (χ1v) is 11.4. The summed E-state index contributed by atoms with van der Waals surface area (Å²) in [6, 6.07) is 11.1. The molecule has 1 saturated heterocycles. The number of benzene rings is 2. The molecule has 1 amide bonds. The topological polar surface area (TPSA) is 100 Å². The first-order valence-electron chi connectivity index (χ1n) is 11.4. The first kappa shape index (κ1) is 23.3. The maximum absolute atomic E-state index is 13.5. The van der Waals surface area contributed by atoms with E-state index in [2.05, 4.69) is 9.98 Å². The van der Waals surface area contributed by atoms with E-state index in [-0.39, 0.29) is 36.0 Å². The molecular formula is C26H24FN5O4. The molecule has 3 heterocycles. The summed E-state index contributed by atoms with van der Waals surface area (Å²) < 4.78 is 20.9. The number of methoxy groups -OCH3 is 1. The van der Waals surface area contributed by atoms with E-state index in [1.54, 1.807) is 42.6 Å². The van der Waals surface area contributed by atoms with Crippen molar-refractivity contribution < 1.29 is 23.8 Å². The number of imidazole rings is 1. The number of aliphatic imine (C=N–C) groups is 1. The molecule has 1 N–H and O–H groups in total. The highest BCUT2D eigenvalue weighted by Crippen LogP contribution is 2.36.